The summed E-state index contributed by atoms with van der Waals surface area (Å²) in [5.41, 5.74) is 6.83. The lowest BCUT2D eigenvalue weighted by molar-refractivity contribution is -0.123. The molecule has 0 unspecified atom stereocenters. The van der Waals surface area contributed by atoms with Crippen molar-refractivity contribution in [1.29, 1.82) is 0 Å². The highest BCUT2D eigenvalue weighted by Gasteiger charge is 2.13. The number of carbonyl (C=O) groups excluding carboxylic acids is 1. The van der Waals surface area contributed by atoms with Crippen molar-refractivity contribution in [3.63, 3.8) is 0 Å². The number of nitrogens with zero attached hydrogens (tertiary/aromatic N) is 3. The molecule has 32 heavy (non-hydrogen) atoms. The fraction of sp³-hybridized carbons (Fsp3) is 0.0800. The van der Waals surface area contributed by atoms with E-state index in [1.165, 1.54) is 6.21 Å². The number of rotatable bonds is 7. The maximum absolute atomic E-state index is 12.1. The molecule has 6 nitrogen and oxygen atoms in total. The Kier molecular flexibility index (Phi) is 6.63. The zero-order valence-corrected chi connectivity index (χ0v) is 18.2. The van der Waals surface area contributed by atoms with E-state index in [1.807, 2.05) is 91.9 Å². The molecule has 4 aromatic rings. The number of aryl methyl sites for hydroxylation is 1. The maximum Gasteiger partial charge on any atom is 0.277 e. The van der Waals surface area contributed by atoms with Crippen molar-refractivity contribution in [1.82, 2.24) is 15.2 Å². The molecule has 3 aromatic carbocycles. The van der Waals surface area contributed by atoms with Crippen molar-refractivity contribution in [2.24, 2.45) is 5.10 Å². The van der Waals surface area contributed by atoms with Crippen molar-refractivity contribution < 1.29 is 9.53 Å². The molecule has 7 heteroatoms. The number of nitrogens with one attached hydrogen (secondary N) is 1. The molecule has 4 rings (SSSR count). The lowest BCUT2D eigenvalue weighted by Crippen LogP contribution is -2.24. The van der Waals surface area contributed by atoms with Gasteiger partial charge in [0, 0.05) is 0 Å². The van der Waals surface area contributed by atoms with Crippen LogP contribution in [-0.2, 0) is 4.79 Å². The van der Waals surface area contributed by atoms with Gasteiger partial charge in [0.25, 0.3) is 5.91 Å². The third kappa shape index (κ3) is 5.04. The van der Waals surface area contributed by atoms with Crippen LogP contribution in [0, 0.1) is 6.92 Å². The number of para-hydroxylation sites is 1. The number of ether oxygens (including phenoxy) is 1. The van der Waals surface area contributed by atoms with E-state index >= 15 is 0 Å². The highest BCUT2D eigenvalue weighted by molar-refractivity contribution is 6.32. The molecular weight excluding hydrogens is 424 g/mol. The van der Waals surface area contributed by atoms with E-state index in [9.17, 15) is 4.79 Å². The Bertz CT molecular complexity index is 1220. The molecule has 1 heterocycles. The summed E-state index contributed by atoms with van der Waals surface area (Å²) in [7, 11) is 0. The van der Waals surface area contributed by atoms with E-state index in [4.69, 9.17) is 16.3 Å². The Morgan fingerprint density at radius 1 is 1.00 bits per heavy atom. The van der Waals surface area contributed by atoms with Gasteiger partial charge in [0.1, 0.15) is 10.9 Å². The van der Waals surface area contributed by atoms with Gasteiger partial charge in [0.15, 0.2) is 6.61 Å². The van der Waals surface area contributed by atoms with Gasteiger partial charge in [-0.05, 0) is 42.3 Å². The summed E-state index contributed by atoms with van der Waals surface area (Å²) in [6, 6.07) is 27.2. The Morgan fingerprint density at radius 2 is 1.62 bits per heavy atom. The van der Waals surface area contributed by atoms with Gasteiger partial charge in [-0.1, -0.05) is 72.3 Å². The molecule has 0 aliphatic rings. The number of amides is 1. The van der Waals surface area contributed by atoms with Gasteiger partial charge in [-0.25, -0.2) is 10.1 Å². The standard InChI is InChI=1S/C25H21ClN4O2/c1-18-23(25(26)30(29-18)21-10-6-3-7-11-21)16-27-28-24(31)17-32-22-14-12-20(13-15-22)19-8-4-2-5-9-19/h2-16H,17H2,1H3,(H,28,31)/b27-16-. The first-order valence-electron chi connectivity index (χ1n) is 10.0. The van der Waals surface area contributed by atoms with Crippen molar-refractivity contribution in [3.05, 3.63) is 101 Å². The van der Waals surface area contributed by atoms with Crippen molar-refractivity contribution in [2.45, 2.75) is 6.92 Å². The predicted octanol–water partition coefficient (Wildman–Crippen LogP) is 5.03. The van der Waals surface area contributed by atoms with Crippen LogP contribution in [0.3, 0.4) is 0 Å². The summed E-state index contributed by atoms with van der Waals surface area (Å²) in [5.74, 6) is 0.226. The number of hydrogen-bond donors (Lipinski definition) is 1. The predicted molar refractivity (Wildman–Crippen MR) is 126 cm³/mol. The molecule has 0 saturated carbocycles. The van der Waals surface area contributed by atoms with Crippen molar-refractivity contribution in [2.75, 3.05) is 6.61 Å². The second-order valence-electron chi connectivity index (χ2n) is 7.01. The lowest BCUT2D eigenvalue weighted by atomic mass is 10.1. The molecule has 0 fully saturated rings. The van der Waals surface area contributed by atoms with E-state index in [-0.39, 0.29) is 12.5 Å². The molecule has 1 amide bonds. The normalized spacial score (nSPS) is 10.9. The number of aromatic nitrogens is 2. The summed E-state index contributed by atoms with van der Waals surface area (Å²) in [6.45, 7) is 1.68. The average molecular weight is 445 g/mol. The minimum atomic E-state index is -0.377. The average Bonchev–Trinajstić information content (AvgIpc) is 3.12. The Hall–Kier alpha value is -3.90. The van der Waals surface area contributed by atoms with E-state index in [2.05, 4.69) is 15.6 Å². The molecule has 0 spiro atoms. The van der Waals surface area contributed by atoms with Crippen LogP contribution >= 0.6 is 11.6 Å². The van der Waals surface area contributed by atoms with Crippen LogP contribution in [0.5, 0.6) is 5.75 Å². The van der Waals surface area contributed by atoms with Crippen LogP contribution in [0.1, 0.15) is 11.3 Å². The zero-order chi connectivity index (χ0) is 22.3. The van der Waals surface area contributed by atoms with Gasteiger partial charge < -0.3 is 4.74 Å². The topological polar surface area (TPSA) is 68.5 Å². The third-order valence-electron chi connectivity index (χ3n) is 4.76. The van der Waals surface area contributed by atoms with Gasteiger partial charge in [-0.3, -0.25) is 4.79 Å². The van der Waals surface area contributed by atoms with Gasteiger partial charge in [0.05, 0.1) is 23.2 Å². The molecule has 0 saturated heterocycles. The minimum absolute atomic E-state index is 0.155. The Labute approximate surface area is 191 Å². The number of hydrogen-bond acceptors (Lipinski definition) is 4. The molecular formula is C25H21ClN4O2. The van der Waals surface area contributed by atoms with E-state index in [0.29, 0.717) is 22.2 Å². The molecule has 0 radical (unpaired) electrons. The van der Waals surface area contributed by atoms with E-state index < -0.39 is 0 Å². The molecule has 0 atom stereocenters. The SMILES string of the molecule is Cc1nn(-c2ccccc2)c(Cl)c1/C=N\NC(=O)COc1ccc(-c2ccccc2)cc1. The summed E-state index contributed by atoms with van der Waals surface area (Å²) >= 11 is 6.45. The van der Waals surface area contributed by atoms with Crippen LogP contribution in [0.4, 0.5) is 0 Å². The maximum atomic E-state index is 12.1. The molecule has 1 N–H and O–H groups in total. The fourth-order valence-corrected chi connectivity index (χ4v) is 3.44. The zero-order valence-electron chi connectivity index (χ0n) is 17.4. The largest absolute Gasteiger partial charge is 0.484 e. The lowest BCUT2D eigenvalue weighted by Gasteiger charge is -2.06. The van der Waals surface area contributed by atoms with Crippen LogP contribution in [-0.4, -0.2) is 28.5 Å². The molecule has 0 aliphatic carbocycles. The summed E-state index contributed by atoms with van der Waals surface area (Å²) in [4.78, 5) is 12.1. The number of carbonyl (C=O) groups is 1. The molecule has 0 bridgehead atoms. The number of benzene rings is 3. The summed E-state index contributed by atoms with van der Waals surface area (Å²) < 4.78 is 7.17. The smallest absolute Gasteiger partial charge is 0.277 e. The molecule has 1 aromatic heterocycles. The first kappa shape index (κ1) is 21.3. The third-order valence-corrected chi connectivity index (χ3v) is 5.13. The highest BCUT2D eigenvalue weighted by atomic mass is 35.5. The van der Waals surface area contributed by atoms with Crippen LogP contribution in [0.2, 0.25) is 5.15 Å². The van der Waals surface area contributed by atoms with E-state index in [1.54, 1.807) is 4.68 Å². The van der Waals surface area contributed by atoms with Crippen LogP contribution in [0.15, 0.2) is 90.0 Å². The van der Waals surface area contributed by atoms with Gasteiger partial charge in [0.2, 0.25) is 0 Å². The summed E-state index contributed by atoms with van der Waals surface area (Å²) in [6.07, 6.45) is 1.48. The Balaban J connectivity index is 1.32. The van der Waals surface area contributed by atoms with Gasteiger partial charge in [-0.15, -0.1) is 0 Å². The van der Waals surface area contributed by atoms with Gasteiger partial charge in [-0.2, -0.15) is 10.2 Å². The van der Waals surface area contributed by atoms with Crippen LogP contribution < -0.4 is 10.2 Å². The highest BCUT2D eigenvalue weighted by Crippen LogP contribution is 2.23. The molecule has 160 valence electrons. The van der Waals surface area contributed by atoms with Crippen molar-refractivity contribution >= 4 is 23.7 Å². The number of hydrazone groups is 1. The Morgan fingerprint density at radius 3 is 2.31 bits per heavy atom. The van der Waals surface area contributed by atoms with Crippen molar-refractivity contribution in [3.8, 4) is 22.6 Å². The number of halogens is 1. The van der Waals surface area contributed by atoms with E-state index in [0.717, 1.165) is 16.8 Å². The minimum Gasteiger partial charge on any atom is -0.484 e. The van der Waals surface area contributed by atoms with Crippen LogP contribution in [0.25, 0.3) is 16.8 Å². The second-order valence-corrected chi connectivity index (χ2v) is 7.37. The monoisotopic (exact) mass is 444 g/mol. The first-order chi connectivity index (χ1) is 15.6. The summed E-state index contributed by atoms with van der Waals surface area (Å²) in [5, 5.41) is 8.85. The fourth-order valence-electron chi connectivity index (χ4n) is 3.12. The first-order valence-corrected chi connectivity index (χ1v) is 10.4. The van der Waals surface area contributed by atoms with Gasteiger partial charge >= 0.3 is 0 Å². The second kappa shape index (κ2) is 9.94. The molecule has 0 aliphatic heterocycles. The quantitative estimate of drug-likeness (QED) is 0.321.